The van der Waals surface area contributed by atoms with Gasteiger partial charge in [0.2, 0.25) is 5.91 Å². The second kappa shape index (κ2) is 4.87. The van der Waals surface area contributed by atoms with Crippen LogP contribution in [0.3, 0.4) is 0 Å². The third-order valence-electron chi connectivity index (χ3n) is 1.84. The summed E-state index contributed by atoms with van der Waals surface area (Å²) in [6, 6.07) is 7.87. The van der Waals surface area contributed by atoms with E-state index in [9.17, 15) is 4.79 Å². The highest BCUT2D eigenvalue weighted by Crippen LogP contribution is 2.08. The summed E-state index contributed by atoms with van der Waals surface area (Å²) in [7, 11) is 0. The van der Waals surface area contributed by atoms with E-state index in [0.717, 1.165) is 11.1 Å². The highest BCUT2D eigenvalue weighted by molar-refractivity contribution is 6.17. The van der Waals surface area contributed by atoms with E-state index in [1.807, 2.05) is 24.3 Å². The summed E-state index contributed by atoms with van der Waals surface area (Å²) in [4.78, 5) is 10.5. The van der Waals surface area contributed by atoms with E-state index < -0.39 is 0 Å². The molecule has 0 atom stereocenters. The van der Waals surface area contributed by atoms with Gasteiger partial charge in [-0.15, -0.1) is 11.6 Å². The Balaban J connectivity index is 2.54. The zero-order chi connectivity index (χ0) is 9.68. The summed E-state index contributed by atoms with van der Waals surface area (Å²) in [5.41, 5.74) is 7.24. The smallest absolute Gasteiger partial charge is 0.217 e. The second-order valence-electron chi connectivity index (χ2n) is 2.92. The molecule has 13 heavy (non-hydrogen) atoms. The number of hydrogen-bond acceptors (Lipinski definition) is 1. The van der Waals surface area contributed by atoms with Crippen molar-refractivity contribution >= 4 is 17.5 Å². The van der Waals surface area contributed by atoms with Crippen LogP contribution in [0.15, 0.2) is 24.3 Å². The molecule has 0 spiro atoms. The lowest BCUT2D eigenvalue weighted by atomic mass is 10.1. The van der Waals surface area contributed by atoms with Crippen LogP contribution in [0.25, 0.3) is 0 Å². The quantitative estimate of drug-likeness (QED) is 0.736. The fraction of sp³-hybridized carbons (Fsp3) is 0.300. The summed E-state index contributed by atoms with van der Waals surface area (Å²) in [5.74, 6) is 0.261. The molecule has 1 aromatic carbocycles. The van der Waals surface area contributed by atoms with Crippen LogP contribution >= 0.6 is 11.6 Å². The topological polar surface area (TPSA) is 43.1 Å². The molecule has 3 heteroatoms. The first-order valence-corrected chi connectivity index (χ1v) is 4.68. The van der Waals surface area contributed by atoms with Gasteiger partial charge in [0.15, 0.2) is 0 Å². The average Bonchev–Trinajstić information content (AvgIpc) is 2.15. The number of halogens is 1. The average molecular weight is 198 g/mol. The number of rotatable bonds is 4. The standard InChI is InChI=1S/C10H12ClNO/c11-7-9-3-1-8(2-4-9)5-6-10(12)13/h1-4H,5-7H2,(H2,12,13). The predicted molar refractivity (Wildman–Crippen MR) is 53.5 cm³/mol. The lowest BCUT2D eigenvalue weighted by Gasteiger charge is -1.99. The molecule has 0 radical (unpaired) electrons. The van der Waals surface area contributed by atoms with Crippen molar-refractivity contribution < 1.29 is 4.79 Å². The Hall–Kier alpha value is -1.02. The monoisotopic (exact) mass is 197 g/mol. The first-order valence-electron chi connectivity index (χ1n) is 4.14. The van der Waals surface area contributed by atoms with Gasteiger partial charge in [-0.25, -0.2) is 0 Å². The summed E-state index contributed by atoms with van der Waals surface area (Å²) in [5, 5.41) is 0. The highest BCUT2D eigenvalue weighted by atomic mass is 35.5. The van der Waals surface area contributed by atoms with Gasteiger partial charge in [-0.3, -0.25) is 4.79 Å². The predicted octanol–water partition coefficient (Wildman–Crippen LogP) is 1.84. The Bertz CT molecular complexity index is 281. The molecule has 1 aromatic rings. The Kier molecular flexibility index (Phi) is 3.77. The van der Waals surface area contributed by atoms with Gasteiger partial charge in [0.05, 0.1) is 0 Å². The van der Waals surface area contributed by atoms with Gasteiger partial charge in [0.25, 0.3) is 0 Å². The minimum Gasteiger partial charge on any atom is -0.370 e. The molecule has 2 N–H and O–H groups in total. The van der Waals surface area contributed by atoms with Crippen LogP contribution in [0.1, 0.15) is 17.5 Å². The maximum Gasteiger partial charge on any atom is 0.217 e. The number of carbonyl (C=O) groups excluding carboxylic acids is 1. The van der Waals surface area contributed by atoms with Gasteiger partial charge < -0.3 is 5.73 Å². The molecule has 1 rings (SSSR count). The molecule has 0 aromatic heterocycles. The number of hydrogen-bond donors (Lipinski definition) is 1. The number of carbonyl (C=O) groups is 1. The van der Waals surface area contributed by atoms with E-state index >= 15 is 0 Å². The Morgan fingerprint density at radius 2 is 1.77 bits per heavy atom. The highest BCUT2D eigenvalue weighted by Gasteiger charge is 1.97. The van der Waals surface area contributed by atoms with E-state index in [-0.39, 0.29) is 5.91 Å². The molecule has 0 saturated heterocycles. The molecule has 0 aliphatic rings. The molecular weight excluding hydrogens is 186 g/mol. The fourth-order valence-corrected chi connectivity index (χ4v) is 1.24. The number of alkyl halides is 1. The third-order valence-corrected chi connectivity index (χ3v) is 2.15. The lowest BCUT2D eigenvalue weighted by Crippen LogP contribution is -2.11. The first-order chi connectivity index (χ1) is 6.22. The van der Waals surface area contributed by atoms with E-state index in [4.69, 9.17) is 17.3 Å². The van der Waals surface area contributed by atoms with Gasteiger partial charge >= 0.3 is 0 Å². The van der Waals surface area contributed by atoms with Crippen LogP contribution in [0.5, 0.6) is 0 Å². The van der Waals surface area contributed by atoms with Crippen molar-refractivity contribution in [3.8, 4) is 0 Å². The molecule has 2 nitrogen and oxygen atoms in total. The third kappa shape index (κ3) is 3.47. The number of amides is 1. The summed E-state index contributed by atoms with van der Waals surface area (Å²) in [6.45, 7) is 0. The van der Waals surface area contributed by atoms with Crippen molar-refractivity contribution in [2.24, 2.45) is 5.73 Å². The van der Waals surface area contributed by atoms with Crippen molar-refractivity contribution in [3.63, 3.8) is 0 Å². The SMILES string of the molecule is NC(=O)CCc1ccc(CCl)cc1. The molecule has 0 bridgehead atoms. The fourth-order valence-electron chi connectivity index (χ4n) is 1.06. The second-order valence-corrected chi connectivity index (χ2v) is 3.18. The van der Waals surface area contributed by atoms with Crippen LogP contribution in [0, 0.1) is 0 Å². The first kappa shape index (κ1) is 10.1. The van der Waals surface area contributed by atoms with Gasteiger partial charge in [0.1, 0.15) is 0 Å². The molecule has 1 amide bonds. The Morgan fingerprint density at radius 1 is 1.23 bits per heavy atom. The number of aryl methyl sites for hydroxylation is 1. The molecule has 0 aliphatic heterocycles. The number of benzene rings is 1. The molecule has 0 fully saturated rings. The zero-order valence-corrected chi connectivity index (χ0v) is 8.05. The molecule has 0 heterocycles. The van der Waals surface area contributed by atoms with Crippen molar-refractivity contribution in [1.82, 2.24) is 0 Å². The molecule has 0 aliphatic carbocycles. The van der Waals surface area contributed by atoms with Crippen LogP contribution in [-0.4, -0.2) is 5.91 Å². The maximum absolute atomic E-state index is 10.5. The van der Waals surface area contributed by atoms with E-state index in [1.54, 1.807) is 0 Å². The molecular formula is C10H12ClNO. The maximum atomic E-state index is 10.5. The van der Waals surface area contributed by atoms with E-state index in [0.29, 0.717) is 18.7 Å². The van der Waals surface area contributed by atoms with Crippen molar-refractivity contribution in [1.29, 1.82) is 0 Å². The van der Waals surface area contributed by atoms with Gasteiger partial charge in [-0.2, -0.15) is 0 Å². The van der Waals surface area contributed by atoms with Gasteiger partial charge in [0, 0.05) is 12.3 Å². The zero-order valence-electron chi connectivity index (χ0n) is 7.29. The van der Waals surface area contributed by atoms with Crippen molar-refractivity contribution in [2.45, 2.75) is 18.7 Å². The number of nitrogens with two attached hydrogens (primary N) is 1. The molecule has 0 unspecified atom stereocenters. The van der Waals surface area contributed by atoms with Crippen molar-refractivity contribution in [3.05, 3.63) is 35.4 Å². The van der Waals surface area contributed by atoms with Gasteiger partial charge in [-0.1, -0.05) is 24.3 Å². The summed E-state index contributed by atoms with van der Waals surface area (Å²) in [6.07, 6.45) is 1.11. The molecule has 70 valence electrons. The summed E-state index contributed by atoms with van der Waals surface area (Å²) >= 11 is 5.63. The van der Waals surface area contributed by atoms with Crippen molar-refractivity contribution in [2.75, 3.05) is 0 Å². The molecule has 0 saturated carbocycles. The summed E-state index contributed by atoms with van der Waals surface area (Å²) < 4.78 is 0. The van der Waals surface area contributed by atoms with Crippen LogP contribution in [-0.2, 0) is 17.1 Å². The van der Waals surface area contributed by atoms with Crippen LogP contribution in [0.2, 0.25) is 0 Å². The Labute approximate surface area is 82.7 Å². The minimum absolute atomic E-state index is 0.263. The number of primary amides is 1. The van der Waals surface area contributed by atoms with Crippen LogP contribution in [0.4, 0.5) is 0 Å². The van der Waals surface area contributed by atoms with E-state index in [1.165, 1.54) is 0 Å². The lowest BCUT2D eigenvalue weighted by molar-refractivity contribution is -0.117. The largest absolute Gasteiger partial charge is 0.370 e. The Morgan fingerprint density at radius 3 is 2.23 bits per heavy atom. The van der Waals surface area contributed by atoms with Crippen LogP contribution < -0.4 is 5.73 Å². The van der Waals surface area contributed by atoms with E-state index in [2.05, 4.69) is 0 Å². The normalized spacial score (nSPS) is 9.92. The van der Waals surface area contributed by atoms with Gasteiger partial charge in [-0.05, 0) is 17.5 Å². The minimum atomic E-state index is -0.263.